The number of hydrogen-bond donors (Lipinski definition) is 2. The molecule has 6 atom stereocenters. The Morgan fingerprint density at radius 1 is 0.935 bits per heavy atom. The van der Waals surface area contributed by atoms with Crippen molar-refractivity contribution >= 4 is 17.5 Å². The Kier molecular flexibility index (Phi) is 5.60. The molecule has 1 aromatic rings. The summed E-state index contributed by atoms with van der Waals surface area (Å²) < 4.78 is 29.7. The van der Waals surface area contributed by atoms with Gasteiger partial charge < -0.3 is 34.3 Å². The molecule has 0 saturated carbocycles. The third-order valence-corrected chi connectivity index (χ3v) is 5.57. The second-order valence-corrected chi connectivity index (χ2v) is 9.12. The summed E-state index contributed by atoms with van der Waals surface area (Å²) in [5, 5.41) is 5.55. The van der Waals surface area contributed by atoms with E-state index >= 15 is 0 Å². The Bertz CT molecular complexity index is 871. The second kappa shape index (κ2) is 7.83. The first-order valence-corrected chi connectivity index (χ1v) is 10.5. The van der Waals surface area contributed by atoms with Gasteiger partial charge in [-0.3, -0.25) is 9.59 Å². The molecule has 0 bridgehead atoms. The lowest BCUT2D eigenvalue weighted by molar-refractivity contribution is -0.231. The summed E-state index contributed by atoms with van der Waals surface area (Å²) in [5.41, 5.74) is 1.62. The number of anilines is 1. The molecule has 3 saturated heterocycles. The number of fused-ring (bicyclic) bond motifs is 3. The van der Waals surface area contributed by atoms with Crippen LogP contribution >= 0.6 is 0 Å². The summed E-state index contributed by atoms with van der Waals surface area (Å²) in [6.45, 7) is 10.6. The molecule has 3 fully saturated rings. The highest BCUT2D eigenvalue weighted by molar-refractivity contribution is 5.98. The molecule has 0 spiro atoms. The van der Waals surface area contributed by atoms with Crippen molar-refractivity contribution in [3.63, 3.8) is 0 Å². The first-order chi connectivity index (χ1) is 14.5. The summed E-state index contributed by atoms with van der Waals surface area (Å²) in [5.74, 6) is -2.59. The highest BCUT2D eigenvalue weighted by Gasteiger charge is 2.62. The first-order valence-electron chi connectivity index (χ1n) is 10.5. The molecule has 2 N–H and O–H groups in total. The molecular formula is C22H30N2O7. The van der Waals surface area contributed by atoms with Crippen LogP contribution in [0.25, 0.3) is 0 Å². The first kappa shape index (κ1) is 22.2. The van der Waals surface area contributed by atoms with E-state index in [-0.39, 0.29) is 5.91 Å². The van der Waals surface area contributed by atoms with Crippen LogP contribution < -0.4 is 10.6 Å². The molecule has 9 nitrogen and oxygen atoms in total. The summed E-state index contributed by atoms with van der Waals surface area (Å²) in [7, 11) is 0. The molecule has 3 heterocycles. The van der Waals surface area contributed by atoms with Crippen LogP contribution in [-0.4, -0.2) is 60.1 Å². The van der Waals surface area contributed by atoms with Crippen molar-refractivity contribution in [3.05, 3.63) is 29.8 Å². The van der Waals surface area contributed by atoms with Crippen molar-refractivity contribution in [1.29, 1.82) is 0 Å². The largest absolute Gasteiger partial charge is 0.342 e. The number of carbonyl (C=O) groups excluding carboxylic acids is 2. The van der Waals surface area contributed by atoms with E-state index in [1.165, 1.54) is 0 Å². The monoisotopic (exact) mass is 434 g/mol. The Morgan fingerprint density at radius 3 is 2.26 bits per heavy atom. The molecule has 9 heteroatoms. The van der Waals surface area contributed by atoms with Crippen LogP contribution in [0.4, 0.5) is 5.69 Å². The maximum absolute atomic E-state index is 13.1. The number of para-hydroxylation sites is 1. The zero-order valence-corrected chi connectivity index (χ0v) is 18.6. The highest BCUT2D eigenvalue weighted by Crippen LogP contribution is 2.44. The van der Waals surface area contributed by atoms with Crippen LogP contribution in [0.5, 0.6) is 0 Å². The predicted octanol–water partition coefficient (Wildman–Crippen LogP) is 1.83. The molecule has 1 aromatic carbocycles. The van der Waals surface area contributed by atoms with Crippen LogP contribution in [-0.2, 0) is 33.3 Å². The second-order valence-electron chi connectivity index (χ2n) is 9.12. The number of benzene rings is 1. The molecule has 0 aliphatic carbocycles. The fraction of sp³-hybridized carbons (Fsp3) is 0.636. The van der Waals surface area contributed by atoms with Crippen LogP contribution in [0.2, 0.25) is 0 Å². The number of rotatable bonds is 4. The molecule has 31 heavy (non-hydrogen) atoms. The molecule has 2 amide bonds. The quantitative estimate of drug-likeness (QED) is 0.745. The summed E-state index contributed by atoms with van der Waals surface area (Å²) in [6, 6.07) is 6.64. The van der Waals surface area contributed by atoms with Crippen LogP contribution in [0.1, 0.15) is 40.2 Å². The summed E-state index contributed by atoms with van der Waals surface area (Å²) in [6.07, 6.45) is -3.55. The Labute approximate surface area is 181 Å². The van der Waals surface area contributed by atoms with Crippen molar-refractivity contribution < 1.29 is 33.3 Å². The smallest absolute Gasteiger partial charge is 0.252 e. The lowest BCUT2D eigenvalue weighted by Crippen LogP contribution is -2.60. The van der Waals surface area contributed by atoms with E-state index in [4.69, 9.17) is 23.7 Å². The van der Waals surface area contributed by atoms with E-state index in [1.54, 1.807) is 34.6 Å². The summed E-state index contributed by atoms with van der Waals surface area (Å²) >= 11 is 0. The van der Waals surface area contributed by atoms with Gasteiger partial charge >= 0.3 is 0 Å². The van der Waals surface area contributed by atoms with Gasteiger partial charge in [0.1, 0.15) is 24.4 Å². The Hall–Kier alpha value is -2.04. The molecule has 3 aliphatic heterocycles. The van der Waals surface area contributed by atoms with Gasteiger partial charge in [-0.25, -0.2) is 0 Å². The molecule has 0 radical (unpaired) electrons. The number of carbonyl (C=O) groups is 2. The SMILES string of the molecule is Cc1ccccc1NC(=O)[C@@H](C)NC(=O)[C@H]1O[C@@H]2OC(C)(C)O[C@H]2[C@H]2OC(C)(C)O[C@@H]21. The van der Waals surface area contributed by atoms with E-state index in [0.717, 1.165) is 5.56 Å². The molecule has 170 valence electrons. The minimum atomic E-state index is -1.01. The number of amides is 2. The number of hydrogen-bond acceptors (Lipinski definition) is 7. The summed E-state index contributed by atoms with van der Waals surface area (Å²) in [4.78, 5) is 25.7. The van der Waals surface area contributed by atoms with Crippen molar-refractivity contribution in [3.8, 4) is 0 Å². The van der Waals surface area contributed by atoms with Crippen LogP contribution in [0.15, 0.2) is 24.3 Å². The van der Waals surface area contributed by atoms with Gasteiger partial charge in [-0.15, -0.1) is 0 Å². The molecule has 4 rings (SSSR count). The minimum Gasteiger partial charge on any atom is -0.342 e. The van der Waals surface area contributed by atoms with Crippen molar-refractivity contribution in [1.82, 2.24) is 5.32 Å². The number of ether oxygens (including phenoxy) is 5. The van der Waals surface area contributed by atoms with Crippen molar-refractivity contribution in [2.24, 2.45) is 0 Å². The fourth-order valence-corrected chi connectivity index (χ4v) is 4.14. The van der Waals surface area contributed by atoms with E-state index in [0.29, 0.717) is 5.69 Å². The lowest BCUT2D eigenvalue weighted by Gasteiger charge is -2.36. The van der Waals surface area contributed by atoms with Crippen LogP contribution in [0.3, 0.4) is 0 Å². The topological polar surface area (TPSA) is 104 Å². The van der Waals surface area contributed by atoms with E-state index < -0.39 is 54.2 Å². The van der Waals surface area contributed by atoms with Gasteiger partial charge in [0.25, 0.3) is 5.91 Å². The van der Waals surface area contributed by atoms with Crippen molar-refractivity contribution in [2.45, 2.75) is 89.9 Å². The van der Waals surface area contributed by atoms with Gasteiger partial charge in [0.05, 0.1) is 0 Å². The third kappa shape index (κ3) is 4.47. The molecule has 0 aromatic heterocycles. The molecule has 3 aliphatic rings. The predicted molar refractivity (Wildman–Crippen MR) is 110 cm³/mol. The van der Waals surface area contributed by atoms with E-state index in [2.05, 4.69) is 10.6 Å². The fourth-order valence-electron chi connectivity index (χ4n) is 4.14. The minimum absolute atomic E-state index is 0.335. The van der Waals surface area contributed by atoms with Gasteiger partial charge in [-0.1, -0.05) is 18.2 Å². The van der Waals surface area contributed by atoms with E-state index in [1.807, 2.05) is 31.2 Å². The normalized spacial score (nSPS) is 33.8. The van der Waals surface area contributed by atoms with Gasteiger partial charge in [-0.2, -0.15) is 0 Å². The van der Waals surface area contributed by atoms with E-state index in [9.17, 15) is 9.59 Å². The third-order valence-electron chi connectivity index (χ3n) is 5.57. The molecule has 0 unspecified atom stereocenters. The zero-order valence-electron chi connectivity index (χ0n) is 18.6. The van der Waals surface area contributed by atoms with Crippen LogP contribution in [0, 0.1) is 6.92 Å². The van der Waals surface area contributed by atoms with Gasteiger partial charge in [0.2, 0.25) is 5.91 Å². The highest BCUT2D eigenvalue weighted by atomic mass is 16.9. The number of aryl methyl sites for hydroxylation is 1. The zero-order chi connectivity index (χ0) is 22.6. The van der Waals surface area contributed by atoms with Gasteiger partial charge in [-0.05, 0) is 53.2 Å². The van der Waals surface area contributed by atoms with Gasteiger partial charge in [0, 0.05) is 5.69 Å². The lowest BCUT2D eigenvalue weighted by atomic mass is 9.98. The maximum Gasteiger partial charge on any atom is 0.252 e. The molecular weight excluding hydrogens is 404 g/mol. The maximum atomic E-state index is 13.1. The average Bonchev–Trinajstić information content (AvgIpc) is 3.16. The average molecular weight is 434 g/mol. The van der Waals surface area contributed by atoms with Gasteiger partial charge in [0.15, 0.2) is 24.0 Å². The number of nitrogens with one attached hydrogen (secondary N) is 2. The van der Waals surface area contributed by atoms with Crippen molar-refractivity contribution in [2.75, 3.05) is 5.32 Å². The Balaban J connectivity index is 1.46. The standard InChI is InChI=1S/C22H30N2O7/c1-11-9-7-8-10-13(11)24-18(25)12(2)23-19(26)16-14-15(29-21(3,4)28-14)17-20(27-16)31-22(5,6)30-17/h7-10,12,14-17,20H,1-6H3,(H,23,26)(H,24,25)/t12-,14+,15+,16+,17+,20-/m1/s1. The Morgan fingerprint density at radius 2 is 1.55 bits per heavy atom.